The quantitative estimate of drug-likeness (QED) is 0.619. The van der Waals surface area contributed by atoms with Crippen molar-refractivity contribution in [1.29, 1.82) is 0 Å². The minimum Gasteiger partial charge on any atom is -0.454 e. The first kappa shape index (κ1) is 19.9. The molecule has 1 aromatic carbocycles. The zero-order valence-electron chi connectivity index (χ0n) is 16.4. The summed E-state index contributed by atoms with van der Waals surface area (Å²) < 4.78 is 12.6. The number of amides is 2. The van der Waals surface area contributed by atoms with Gasteiger partial charge >= 0.3 is 0 Å². The molecule has 30 heavy (non-hydrogen) atoms. The maximum atomic E-state index is 12.4. The van der Waals surface area contributed by atoms with Crippen molar-refractivity contribution in [2.24, 2.45) is 0 Å². The van der Waals surface area contributed by atoms with Gasteiger partial charge in [-0.1, -0.05) is 0 Å². The number of anilines is 2. The van der Waals surface area contributed by atoms with Crippen LogP contribution in [0.5, 0.6) is 0 Å². The second-order valence-electron chi connectivity index (χ2n) is 6.94. The highest BCUT2D eigenvalue weighted by Crippen LogP contribution is 2.16. The van der Waals surface area contributed by atoms with Crippen LogP contribution < -0.4 is 10.6 Å². The molecule has 1 aliphatic rings. The molecule has 1 saturated heterocycles. The van der Waals surface area contributed by atoms with Crippen LogP contribution in [0.1, 0.15) is 16.3 Å². The van der Waals surface area contributed by atoms with Crippen molar-refractivity contribution in [2.45, 2.75) is 6.54 Å². The monoisotopic (exact) mass is 409 g/mol. The van der Waals surface area contributed by atoms with E-state index in [9.17, 15) is 9.59 Å². The first-order valence-corrected chi connectivity index (χ1v) is 9.73. The standard InChI is InChI=1S/C21H23N5O4/c27-20(15-25-10-12-29-13-11-25)23-16-2-4-17(5-3-16)24-21(28)19-7-6-18(30-19)14-26-9-1-8-22-26/h1-9H,10-15H2,(H,23,27)(H,24,28). The van der Waals surface area contributed by atoms with E-state index in [-0.39, 0.29) is 17.6 Å². The van der Waals surface area contributed by atoms with Crippen molar-refractivity contribution in [3.63, 3.8) is 0 Å². The second kappa shape index (κ2) is 9.38. The molecule has 3 heterocycles. The molecule has 0 radical (unpaired) electrons. The van der Waals surface area contributed by atoms with Gasteiger partial charge < -0.3 is 19.8 Å². The predicted octanol–water partition coefficient (Wildman–Crippen LogP) is 2.05. The van der Waals surface area contributed by atoms with Crippen molar-refractivity contribution >= 4 is 23.2 Å². The fourth-order valence-corrected chi connectivity index (χ4v) is 3.13. The maximum absolute atomic E-state index is 12.4. The predicted molar refractivity (Wildman–Crippen MR) is 110 cm³/mol. The molecule has 4 rings (SSSR count). The molecule has 2 amide bonds. The number of hydrogen-bond acceptors (Lipinski definition) is 6. The lowest BCUT2D eigenvalue weighted by Crippen LogP contribution is -2.41. The van der Waals surface area contributed by atoms with E-state index < -0.39 is 0 Å². The van der Waals surface area contributed by atoms with E-state index >= 15 is 0 Å². The Morgan fingerprint density at radius 1 is 1.00 bits per heavy atom. The number of furan rings is 1. The molecule has 2 N–H and O–H groups in total. The van der Waals surface area contributed by atoms with Crippen molar-refractivity contribution in [3.8, 4) is 0 Å². The van der Waals surface area contributed by atoms with Gasteiger partial charge in [0.2, 0.25) is 5.91 Å². The molecule has 1 fully saturated rings. The molecule has 3 aromatic rings. The zero-order chi connectivity index (χ0) is 20.8. The number of carbonyl (C=O) groups is 2. The third kappa shape index (κ3) is 5.34. The summed E-state index contributed by atoms with van der Waals surface area (Å²) >= 11 is 0. The maximum Gasteiger partial charge on any atom is 0.291 e. The molecule has 9 heteroatoms. The third-order valence-electron chi connectivity index (χ3n) is 4.66. The van der Waals surface area contributed by atoms with Gasteiger partial charge in [0.05, 0.1) is 26.3 Å². The summed E-state index contributed by atoms with van der Waals surface area (Å²) in [6.45, 7) is 3.62. The number of aromatic nitrogens is 2. The van der Waals surface area contributed by atoms with E-state index in [0.29, 0.717) is 43.4 Å². The highest BCUT2D eigenvalue weighted by molar-refractivity contribution is 6.02. The summed E-state index contributed by atoms with van der Waals surface area (Å²) in [7, 11) is 0. The minimum atomic E-state index is -0.342. The van der Waals surface area contributed by atoms with Gasteiger partial charge in [0.1, 0.15) is 5.76 Å². The van der Waals surface area contributed by atoms with Crippen LogP contribution in [0.15, 0.2) is 59.3 Å². The number of nitrogens with one attached hydrogen (secondary N) is 2. The normalized spacial score (nSPS) is 14.4. The van der Waals surface area contributed by atoms with E-state index in [0.717, 1.165) is 13.1 Å². The fourth-order valence-electron chi connectivity index (χ4n) is 3.13. The van der Waals surface area contributed by atoms with Crippen LogP contribution in [-0.4, -0.2) is 59.3 Å². The van der Waals surface area contributed by atoms with E-state index in [1.54, 1.807) is 47.3 Å². The Kier molecular flexibility index (Phi) is 6.21. The van der Waals surface area contributed by atoms with Gasteiger partial charge in [-0.25, -0.2) is 0 Å². The smallest absolute Gasteiger partial charge is 0.291 e. The summed E-state index contributed by atoms with van der Waals surface area (Å²) in [6.07, 6.45) is 3.51. The summed E-state index contributed by atoms with van der Waals surface area (Å²) in [6, 6.07) is 12.2. The summed E-state index contributed by atoms with van der Waals surface area (Å²) in [5.74, 6) is 0.446. The first-order valence-electron chi connectivity index (χ1n) is 9.73. The molecular formula is C21H23N5O4. The molecule has 156 valence electrons. The van der Waals surface area contributed by atoms with E-state index in [4.69, 9.17) is 9.15 Å². The van der Waals surface area contributed by atoms with E-state index in [1.165, 1.54) is 0 Å². The second-order valence-corrected chi connectivity index (χ2v) is 6.94. The molecule has 9 nitrogen and oxygen atoms in total. The number of morpholine rings is 1. The van der Waals surface area contributed by atoms with Gasteiger partial charge in [-0.3, -0.25) is 19.2 Å². The molecule has 1 aliphatic heterocycles. The van der Waals surface area contributed by atoms with Crippen molar-refractivity contribution in [1.82, 2.24) is 14.7 Å². The summed E-state index contributed by atoms with van der Waals surface area (Å²) in [5, 5.41) is 9.76. The summed E-state index contributed by atoms with van der Waals surface area (Å²) in [5.41, 5.74) is 1.28. The Hall–Kier alpha value is -3.43. The Bertz CT molecular complexity index is 975. The molecular weight excluding hydrogens is 386 g/mol. The Morgan fingerprint density at radius 3 is 2.43 bits per heavy atom. The Morgan fingerprint density at radius 2 is 1.73 bits per heavy atom. The van der Waals surface area contributed by atoms with Crippen LogP contribution in [0.4, 0.5) is 11.4 Å². The van der Waals surface area contributed by atoms with Crippen molar-refractivity contribution < 1.29 is 18.7 Å². The lowest BCUT2D eigenvalue weighted by atomic mass is 10.2. The largest absolute Gasteiger partial charge is 0.454 e. The highest BCUT2D eigenvalue weighted by atomic mass is 16.5. The van der Waals surface area contributed by atoms with Gasteiger partial charge in [0.25, 0.3) is 5.91 Å². The molecule has 0 spiro atoms. The highest BCUT2D eigenvalue weighted by Gasteiger charge is 2.15. The number of hydrogen-bond donors (Lipinski definition) is 2. The molecule has 0 unspecified atom stereocenters. The number of benzene rings is 1. The average Bonchev–Trinajstić information content (AvgIpc) is 3.43. The van der Waals surface area contributed by atoms with Crippen LogP contribution in [0.25, 0.3) is 0 Å². The van der Waals surface area contributed by atoms with Gasteiger partial charge in [0.15, 0.2) is 5.76 Å². The topological polar surface area (TPSA) is 102 Å². The Labute approximate surface area is 173 Å². The van der Waals surface area contributed by atoms with Crippen LogP contribution in [-0.2, 0) is 16.1 Å². The zero-order valence-corrected chi connectivity index (χ0v) is 16.4. The summed E-state index contributed by atoms with van der Waals surface area (Å²) in [4.78, 5) is 26.6. The fraction of sp³-hybridized carbons (Fsp3) is 0.286. The number of carbonyl (C=O) groups excluding carboxylic acids is 2. The number of nitrogens with zero attached hydrogens (tertiary/aromatic N) is 3. The molecule has 0 atom stereocenters. The molecule has 0 bridgehead atoms. The van der Waals surface area contributed by atoms with Crippen molar-refractivity contribution in [2.75, 3.05) is 43.5 Å². The van der Waals surface area contributed by atoms with Gasteiger partial charge in [0, 0.05) is 36.9 Å². The minimum absolute atomic E-state index is 0.0750. The SMILES string of the molecule is O=C(CN1CCOCC1)Nc1ccc(NC(=O)c2ccc(Cn3cccn3)o2)cc1. The van der Waals surface area contributed by atoms with Crippen LogP contribution in [0.3, 0.4) is 0 Å². The van der Waals surface area contributed by atoms with E-state index in [2.05, 4.69) is 20.6 Å². The number of ether oxygens (including phenoxy) is 1. The van der Waals surface area contributed by atoms with Crippen LogP contribution >= 0.6 is 0 Å². The number of rotatable bonds is 7. The first-order chi connectivity index (χ1) is 14.7. The lowest BCUT2D eigenvalue weighted by molar-refractivity contribution is -0.118. The molecule has 0 saturated carbocycles. The molecule has 0 aliphatic carbocycles. The lowest BCUT2D eigenvalue weighted by Gasteiger charge is -2.25. The van der Waals surface area contributed by atoms with Crippen LogP contribution in [0.2, 0.25) is 0 Å². The Balaban J connectivity index is 1.28. The van der Waals surface area contributed by atoms with E-state index in [1.807, 2.05) is 12.3 Å². The van der Waals surface area contributed by atoms with Crippen molar-refractivity contribution in [3.05, 3.63) is 66.4 Å². The van der Waals surface area contributed by atoms with Crippen LogP contribution in [0, 0.1) is 0 Å². The van der Waals surface area contributed by atoms with Gasteiger partial charge in [-0.15, -0.1) is 0 Å². The molecule has 2 aromatic heterocycles. The van der Waals surface area contributed by atoms with Gasteiger partial charge in [-0.05, 0) is 42.5 Å². The third-order valence-corrected chi connectivity index (χ3v) is 4.66. The van der Waals surface area contributed by atoms with Gasteiger partial charge in [-0.2, -0.15) is 5.10 Å². The average molecular weight is 409 g/mol.